The molecule has 0 saturated heterocycles. The number of amides is 1. The Kier molecular flexibility index (Phi) is 6.68. The Balaban J connectivity index is 1.44. The van der Waals surface area contributed by atoms with E-state index < -0.39 is 42.3 Å². The van der Waals surface area contributed by atoms with Gasteiger partial charge in [0, 0.05) is 5.39 Å². The van der Waals surface area contributed by atoms with Gasteiger partial charge in [0.15, 0.2) is 12.4 Å². The van der Waals surface area contributed by atoms with Crippen molar-refractivity contribution in [3.8, 4) is 0 Å². The van der Waals surface area contributed by atoms with E-state index in [0.717, 1.165) is 4.57 Å². The molecule has 4 rings (SSSR count). The van der Waals surface area contributed by atoms with Crippen LogP contribution >= 0.6 is 0 Å². The molecule has 186 valence electrons. The fourth-order valence-electron chi connectivity index (χ4n) is 3.68. The molecule has 0 atom stereocenters. The van der Waals surface area contributed by atoms with Crippen molar-refractivity contribution < 1.29 is 37.5 Å². The number of furan rings is 2. The van der Waals surface area contributed by atoms with Crippen molar-refractivity contribution in [1.29, 1.82) is 0 Å². The number of ether oxygens (including phenoxy) is 2. The molecule has 0 aliphatic heterocycles. The van der Waals surface area contributed by atoms with Gasteiger partial charge in [0.2, 0.25) is 11.5 Å². The summed E-state index contributed by atoms with van der Waals surface area (Å²) in [5, 5.41) is 2.97. The third-order valence-corrected chi connectivity index (χ3v) is 5.18. The van der Waals surface area contributed by atoms with Gasteiger partial charge in [0.1, 0.15) is 29.0 Å². The van der Waals surface area contributed by atoms with Crippen molar-refractivity contribution in [3.63, 3.8) is 0 Å². The van der Waals surface area contributed by atoms with Crippen LogP contribution in [0.25, 0.3) is 22.1 Å². The number of nitrogens with one attached hydrogen (secondary N) is 1. The molecule has 1 N–H and O–H groups in total. The SMILES string of the molecule is CCOC(=O)c1c(NC(=O)COC(=O)Cn2cnc3c(oc4ccccc43)c2=O)oc(C)c1C(C)=O. The van der Waals surface area contributed by atoms with E-state index >= 15 is 0 Å². The minimum absolute atomic E-state index is 0.00907. The van der Waals surface area contributed by atoms with Gasteiger partial charge < -0.3 is 18.3 Å². The van der Waals surface area contributed by atoms with Crippen LogP contribution in [-0.2, 0) is 25.6 Å². The van der Waals surface area contributed by atoms with Crippen LogP contribution < -0.4 is 10.9 Å². The van der Waals surface area contributed by atoms with E-state index in [9.17, 15) is 24.0 Å². The first kappa shape index (κ1) is 24.4. The molecule has 0 aliphatic rings. The summed E-state index contributed by atoms with van der Waals surface area (Å²) in [6.45, 7) is 3.06. The van der Waals surface area contributed by atoms with E-state index in [-0.39, 0.29) is 35.0 Å². The lowest BCUT2D eigenvalue weighted by atomic mass is 10.1. The molecule has 3 aromatic heterocycles. The predicted molar refractivity (Wildman–Crippen MR) is 125 cm³/mol. The highest BCUT2D eigenvalue weighted by Gasteiger charge is 2.29. The van der Waals surface area contributed by atoms with Crippen molar-refractivity contribution in [2.45, 2.75) is 27.3 Å². The highest BCUT2D eigenvalue weighted by atomic mass is 16.5. The lowest BCUT2D eigenvalue weighted by molar-refractivity contribution is -0.148. The first-order valence-electron chi connectivity index (χ1n) is 10.8. The van der Waals surface area contributed by atoms with Crippen molar-refractivity contribution in [2.24, 2.45) is 0 Å². The summed E-state index contributed by atoms with van der Waals surface area (Å²) in [6, 6.07) is 7.00. The van der Waals surface area contributed by atoms with Gasteiger partial charge in [0.05, 0.1) is 18.5 Å². The standard InChI is InChI=1S/C24H21N3O9/c1-4-33-24(32)19-18(12(2)28)13(3)35-22(19)26-16(29)10-34-17(30)9-27-11-25-20-14-7-5-6-8-15(14)36-21(20)23(27)31/h5-8,11H,4,9-10H2,1-3H3,(H,26,29). The van der Waals surface area contributed by atoms with Crippen molar-refractivity contribution in [3.05, 3.63) is 57.8 Å². The van der Waals surface area contributed by atoms with Crippen LogP contribution in [0.1, 0.15) is 40.3 Å². The Morgan fingerprint density at radius 1 is 1.08 bits per heavy atom. The number of esters is 2. The number of aromatic nitrogens is 2. The summed E-state index contributed by atoms with van der Waals surface area (Å²) in [5.41, 5.74) is 0.0182. The number of carbonyl (C=O) groups is 4. The van der Waals surface area contributed by atoms with Gasteiger partial charge in [-0.3, -0.25) is 29.1 Å². The molecule has 1 aromatic carbocycles. The average molecular weight is 495 g/mol. The highest BCUT2D eigenvalue weighted by Crippen LogP contribution is 2.28. The molecule has 0 radical (unpaired) electrons. The van der Waals surface area contributed by atoms with Crippen molar-refractivity contribution >= 4 is 51.6 Å². The van der Waals surface area contributed by atoms with Gasteiger partial charge in [-0.2, -0.15) is 0 Å². The molecular formula is C24H21N3O9. The second-order valence-electron chi connectivity index (χ2n) is 7.68. The Hall–Kier alpha value is -4.74. The van der Waals surface area contributed by atoms with Crippen molar-refractivity contribution in [2.75, 3.05) is 18.5 Å². The van der Waals surface area contributed by atoms with Crippen LogP contribution in [-0.4, -0.2) is 46.4 Å². The van der Waals surface area contributed by atoms with Crippen LogP contribution in [0.2, 0.25) is 0 Å². The number of carbonyl (C=O) groups excluding carboxylic acids is 4. The molecule has 0 fully saturated rings. The molecule has 0 aliphatic carbocycles. The number of aryl methyl sites for hydroxylation is 1. The number of anilines is 1. The van der Waals surface area contributed by atoms with Crippen LogP contribution in [0.3, 0.4) is 0 Å². The lowest BCUT2D eigenvalue weighted by Gasteiger charge is -2.08. The summed E-state index contributed by atoms with van der Waals surface area (Å²) < 4.78 is 21.8. The van der Waals surface area contributed by atoms with Crippen LogP contribution in [0.15, 0.2) is 44.2 Å². The van der Waals surface area contributed by atoms with Crippen LogP contribution in [0.4, 0.5) is 5.88 Å². The second-order valence-corrected chi connectivity index (χ2v) is 7.68. The van der Waals surface area contributed by atoms with Crippen LogP contribution in [0.5, 0.6) is 0 Å². The largest absolute Gasteiger partial charge is 0.462 e. The molecule has 3 heterocycles. The average Bonchev–Trinajstić information content (AvgIpc) is 3.37. The molecule has 12 heteroatoms. The summed E-state index contributed by atoms with van der Waals surface area (Å²) in [4.78, 5) is 65.8. The monoisotopic (exact) mass is 495 g/mol. The zero-order valence-electron chi connectivity index (χ0n) is 19.6. The maximum atomic E-state index is 12.7. The molecule has 1 amide bonds. The van der Waals surface area contributed by atoms with Gasteiger partial charge >= 0.3 is 11.9 Å². The fourth-order valence-corrected chi connectivity index (χ4v) is 3.68. The smallest absolute Gasteiger partial charge is 0.344 e. The Morgan fingerprint density at radius 2 is 1.83 bits per heavy atom. The number of nitrogens with zero attached hydrogens (tertiary/aromatic N) is 2. The van der Waals surface area contributed by atoms with Gasteiger partial charge in [-0.15, -0.1) is 0 Å². The van der Waals surface area contributed by atoms with Gasteiger partial charge in [-0.25, -0.2) is 9.78 Å². The van der Waals surface area contributed by atoms with Gasteiger partial charge in [0.25, 0.3) is 11.5 Å². The van der Waals surface area contributed by atoms with E-state index in [0.29, 0.717) is 16.5 Å². The Morgan fingerprint density at radius 3 is 2.56 bits per heavy atom. The molecule has 4 aromatic rings. The number of hydrogen-bond acceptors (Lipinski definition) is 10. The third-order valence-electron chi connectivity index (χ3n) is 5.18. The minimum atomic E-state index is -0.893. The van der Waals surface area contributed by atoms with Crippen LogP contribution in [0, 0.1) is 6.92 Å². The fraction of sp³-hybridized carbons (Fsp3) is 0.250. The number of para-hydroxylation sites is 1. The molecule has 12 nitrogen and oxygen atoms in total. The number of fused-ring (bicyclic) bond motifs is 3. The van der Waals surface area contributed by atoms with E-state index in [1.807, 2.05) is 0 Å². The zero-order valence-corrected chi connectivity index (χ0v) is 19.6. The van der Waals surface area contributed by atoms with Gasteiger partial charge in [-0.05, 0) is 32.9 Å². The number of hydrogen-bond donors (Lipinski definition) is 1. The highest BCUT2D eigenvalue weighted by molar-refractivity contribution is 6.10. The summed E-state index contributed by atoms with van der Waals surface area (Å²) in [7, 11) is 0. The molecular weight excluding hydrogens is 474 g/mol. The number of rotatable bonds is 8. The predicted octanol–water partition coefficient (Wildman–Crippen LogP) is 2.61. The molecule has 36 heavy (non-hydrogen) atoms. The van der Waals surface area contributed by atoms with Gasteiger partial charge in [-0.1, -0.05) is 12.1 Å². The lowest BCUT2D eigenvalue weighted by Crippen LogP contribution is -2.28. The second kappa shape index (κ2) is 9.86. The first-order chi connectivity index (χ1) is 17.2. The third kappa shape index (κ3) is 4.60. The summed E-state index contributed by atoms with van der Waals surface area (Å²) >= 11 is 0. The Bertz CT molecular complexity index is 1570. The summed E-state index contributed by atoms with van der Waals surface area (Å²) in [6.07, 6.45) is 1.19. The van der Waals surface area contributed by atoms with Crippen molar-refractivity contribution in [1.82, 2.24) is 9.55 Å². The quantitative estimate of drug-likeness (QED) is 0.284. The first-order valence-corrected chi connectivity index (χ1v) is 10.8. The summed E-state index contributed by atoms with van der Waals surface area (Å²) in [5.74, 6) is -3.21. The number of ketones is 1. The normalized spacial score (nSPS) is 11.0. The topological polar surface area (TPSA) is 160 Å². The van der Waals surface area contributed by atoms with E-state index in [1.54, 1.807) is 31.2 Å². The Labute approximate surface area is 202 Å². The maximum Gasteiger partial charge on any atom is 0.344 e. The maximum absolute atomic E-state index is 12.7. The van der Waals surface area contributed by atoms with E-state index in [4.69, 9.17) is 18.3 Å². The van der Waals surface area contributed by atoms with E-state index in [1.165, 1.54) is 20.2 Å². The molecule has 0 spiro atoms. The minimum Gasteiger partial charge on any atom is -0.462 e. The molecule has 0 saturated carbocycles. The number of Topliss-reactive ketones (excluding diaryl/α,β-unsaturated/α-hetero) is 1. The van der Waals surface area contributed by atoms with E-state index in [2.05, 4.69) is 10.3 Å². The molecule has 0 bridgehead atoms. The zero-order chi connectivity index (χ0) is 26.0. The molecule has 0 unspecified atom stereocenters. The number of benzene rings is 1.